The zero-order valence-corrected chi connectivity index (χ0v) is 55.0. The number of rotatable bonds is 11. The molecule has 0 radical (unpaired) electrons. The first-order valence-corrected chi connectivity index (χ1v) is 29.3. The molecule has 4 aliphatic rings. The van der Waals surface area contributed by atoms with Crippen LogP contribution in [-0.2, 0) is 21.6 Å². The van der Waals surface area contributed by atoms with Crippen LogP contribution in [0.2, 0.25) is 0 Å². The number of benzene rings is 4. The zero-order chi connectivity index (χ0) is 56.4. The van der Waals surface area contributed by atoms with Crippen molar-refractivity contribution in [2.45, 2.75) is 175 Å². The van der Waals surface area contributed by atoms with Gasteiger partial charge < -0.3 is 51.9 Å². The zero-order valence-electron chi connectivity index (χ0n) is 52.0. The van der Waals surface area contributed by atoms with Crippen molar-refractivity contribution in [2.75, 3.05) is 82.6 Å². The minimum Gasteiger partial charge on any atom is -1.00 e. The Morgan fingerprint density at radius 2 is 0.756 bits per heavy atom. The molecule has 8 nitrogen and oxygen atoms in total. The van der Waals surface area contributed by atoms with Crippen LogP contribution in [0.5, 0.6) is 0 Å². The fraction of sp³-hybridized carbons (Fsp3) is 0.632. The van der Waals surface area contributed by atoms with Gasteiger partial charge in [0.25, 0.3) is 0 Å². The molecule has 4 saturated carbocycles. The van der Waals surface area contributed by atoms with E-state index < -0.39 is 16.8 Å². The molecule has 0 spiro atoms. The molecule has 4 fully saturated rings. The molecule has 10 heteroatoms. The van der Waals surface area contributed by atoms with Gasteiger partial charge in [0.2, 0.25) is 0 Å². The Labute approximate surface area is 503 Å². The normalized spacial score (nSPS) is 24.9. The Morgan fingerprint density at radius 1 is 0.436 bits per heavy atom. The van der Waals surface area contributed by atoms with E-state index in [2.05, 4.69) is 184 Å². The van der Waals surface area contributed by atoms with E-state index in [0.29, 0.717) is 29.5 Å². The molecule has 0 aliphatic heterocycles. The van der Waals surface area contributed by atoms with Crippen LogP contribution in [0, 0.1) is 85.1 Å². The monoisotopic (exact) mass is 1150 g/mol. The van der Waals surface area contributed by atoms with Gasteiger partial charge in [-0.3, -0.25) is 4.79 Å². The quantitative estimate of drug-likeness (QED) is 0.101. The van der Waals surface area contributed by atoms with Crippen molar-refractivity contribution in [1.82, 2.24) is 19.6 Å². The van der Waals surface area contributed by atoms with Crippen molar-refractivity contribution in [1.29, 1.82) is 0 Å². The number of hydrogen-bond acceptors (Lipinski definition) is 8. The Morgan fingerprint density at radius 3 is 1.03 bits per heavy atom. The van der Waals surface area contributed by atoms with E-state index in [1.807, 2.05) is 26.2 Å². The van der Waals surface area contributed by atoms with Crippen LogP contribution in [-0.4, -0.2) is 146 Å². The van der Waals surface area contributed by atoms with Crippen molar-refractivity contribution in [3.05, 3.63) is 140 Å². The van der Waals surface area contributed by atoms with Crippen molar-refractivity contribution in [3.63, 3.8) is 0 Å². The smallest absolute Gasteiger partial charge is 1.00 e. The summed E-state index contributed by atoms with van der Waals surface area (Å²) >= 11 is 0. The van der Waals surface area contributed by atoms with Crippen LogP contribution in [0.4, 0.5) is 0 Å². The molecule has 7 atom stereocenters. The molecule has 8 rings (SSSR count). The van der Waals surface area contributed by atoms with E-state index in [4.69, 9.17) is 0 Å². The number of nitrogens with zero attached hydrogens (tertiary/aromatic N) is 4. The predicted octanol–water partition coefficient (Wildman–Crippen LogP) is 9.76. The number of aryl methyl sites for hydroxylation is 8. The van der Waals surface area contributed by atoms with Crippen molar-refractivity contribution < 1.29 is 37.1 Å². The predicted molar refractivity (Wildman–Crippen MR) is 327 cm³/mol. The van der Waals surface area contributed by atoms with Crippen LogP contribution in [0.15, 0.2) is 72.8 Å². The second-order valence-electron chi connectivity index (χ2n) is 25.0. The van der Waals surface area contributed by atoms with Gasteiger partial charge in [0, 0.05) is 56.3 Å². The molecular weight excluding hydrogens is 1040 g/mol. The topological polar surface area (TPSA) is 90.7 Å². The van der Waals surface area contributed by atoms with Gasteiger partial charge in [-0.05, 0) is 199 Å². The van der Waals surface area contributed by atoms with Gasteiger partial charge in [0.15, 0.2) is 0 Å². The Kier molecular flexibility index (Phi) is 31.4. The number of carbonyl (C=O) groups excluding carboxylic acids is 1. The molecule has 432 valence electrons. The van der Waals surface area contributed by atoms with Gasteiger partial charge >= 0.3 is 23.1 Å². The Hall–Kier alpha value is -2.48. The fourth-order valence-corrected chi connectivity index (χ4v) is 12.2. The van der Waals surface area contributed by atoms with E-state index in [0.717, 1.165) is 120 Å². The molecule has 4 aromatic carbocycles. The first kappa shape index (κ1) is 71.6. The van der Waals surface area contributed by atoms with Crippen LogP contribution < -0.4 is 17.0 Å². The summed E-state index contributed by atoms with van der Waals surface area (Å²) in [7, 11) is 16.6. The summed E-state index contributed by atoms with van der Waals surface area (Å²) < 4.78 is 0. The standard InChI is InChI=1S/3C17H27NO.C9H17NO.C8H9.BrH.Mg/c3*1-13-8-9-15(11-14(13)2)17(19)10-6-5-7-16(17)12-18(3)4;1-10(2)7-8-5-3-4-6-9(8)11;1-7-5-3-4-6-8(7)2;;/h3*8-9,11,16,19H,5-7,10,12H2,1-4H3;8H,3-7H2,1-2H3;3,5-6H,1-2H3;1H;/q;;;;-1;;+2/p-1/t3*16-,17+;;;;/m110..../s1. The minimum atomic E-state index is -0.638. The second kappa shape index (κ2) is 34.2. The molecular formula is C68H107BrMgN4O4. The third-order valence-corrected chi connectivity index (χ3v) is 17.5. The van der Waals surface area contributed by atoms with Crippen LogP contribution >= 0.6 is 0 Å². The van der Waals surface area contributed by atoms with Gasteiger partial charge in [-0.1, -0.05) is 113 Å². The van der Waals surface area contributed by atoms with Crippen LogP contribution in [0.25, 0.3) is 0 Å². The molecule has 0 saturated heterocycles. The molecule has 0 bridgehead atoms. The number of halogens is 1. The van der Waals surface area contributed by atoms with E-state index in [-0.39, 0.29) is 40.0 Å². The van der Waals surface area contributed by atoms with Gasteiger partial charge in [-0.2, -0.15) is 35.4 Å². The van der Waals surface area contributed by atoms with Crippen molar-refractivity contribution >= 4 is 28.8 Å². The average molecular weight is 1150 g/mol. The molecule has 3 N–H and O–H groups in total. The molecule has 4 aliphatic carbocycles. The van der Waals surface area contributed by atoms with Gasteiger partial charge in [0.05, 0.1) is 16.8 Å². The average Bonchev–Trinajstić information content (AvgIpc) is 3.36. The maximum Gasteiger partial charge on any atom is 2.00 e. The van der Waals surface area contributed by atoms with E-state index in [1.165, 1.54) is 70.2 Å². The van der Waals surface area contributed by atoms with Gasteiger partial charge in [0.1, 0.15) is 5.78 Å². The SMILES string of the molecule is CN(C)CC1CCCCC1=O.Cc1c[c-]ccc1C.Cc1ccc([C@@]2(O)CCCC[C@@H]2CN(C)C)cc1C.Cc1ccc([C@@]2(O)CCCC[C@@H]2CN(C)C)cc1C.Cc1ccc([C@]2(O)CCCC[C@H]2CN(C)C)cc1C.[Br-].[Mg+2]. The van der Waals surface area contributed by atoms with Crippen molar-refractivity contribution in [3.8, 4) is 0 Å². The third kappa shape index (κ3) is 21.4. The van der Waals surface area contributed by atoms with E-state index >= 15 is 0 Å². The summed E-state index contributed by atoms with van der Waals surface area (Å²) in [5, 5.41) is 33.7. The number of Topliss-reactive ketones (excluding diaryl/α,β-unsaturated/α-hetero) is 1. The molecule has 78 heavy (non-hydrogen) atoms. The summed E-state index contributed by atoms with van der Waals surface area (Å²) in [6.07, 6.45) is 17.5. The summed E-state index contributed by atoms with van der Waals surface area (Å²) in [4.78, 5) is 20.0. The maximum absolute atomic E-state index is 11.3. The van der Waals surface area contributed by atoms with Crippen LogP contribution in [0.3, 0.4) is 0 Å². The summed E-state index contributed by atoms with van der Waals surface area (Å²) in [6.45, 7) is 20.8. The summed E-state index contributed by atoms with van der Waals surface area (Å²) in [5.41, 5.74) is 11.8. The molecule has 0 amide bonds. The Bertz CT molecular complexity index is 2170. The summed E-state index contributed by atoms with van der Waals surface area (Å²) in [6, 6.07) is 28.3. The largest absolute Gasteiger partial charge is 2.00 e. The first-order valence-electron chi connectivity index (χ1n) is 29.3. The number of ketones is 1. The minimum absolute atomic E-state index is 0. The fourth-order valence-electron chi connectivity index (χ4n) is 12.2. The molecule has 0 aromatic heterocycles. The van der Waals surface area contributed by atoms with Crippen LogP contribution in [0.1, 0.15) is 164 Å². The second-order valence-corrected chi connectivity index (χ2v) is 25.0. The summed E-state index contributed by atoms with van der Waals surface area (Å²) in [5.74, 6) is 1.85. The number of aliphatic hydroxyl groups is 3. The van der Waals surface area contributed by atoms with E-state index in [1.54, 1.807) is 0 Å². The number of carbonyl (C=O) groups is 1. The molecule has 0 heterocycles. The van der Waals surface area contributed by atoms with Gasteiger partial charge in [-0.25, -0.2) is 0 Å². The third-order valence-electron chi connectivity index (χ3n) is 17.5. The van der Waals surface area contributed by atoms with Crippen molar-refractivity contribution in [2.24, 2.45) is 23.7 Å². The first-order chi connectivity index (χ1) is 35.8. The van der Waals surface area contributed by atoms with Gasteiger partial charge in [-0.15, -0.1) is 0 Å². The number of hydrogen-bond donors (Lipinski definition) is 3. The maximum atomic E-state index is 11.3. The molecule has 1 unspecified atom stereocenters. The Balaban J connectivity index is 0.000000341. The van der Waals surface area contributed by atoms with E-state index in [9.17, 15) is 20.1 Å². The molecule has 4 aromatic rings.